The quantitative estimate of drug-likeness (QED) is 0.453. The average Bonchev–Trinajstić information content (AvgIpc) is 1.78. The van der Waals surface area contributed by atoms with Gasteiger partial charge in [0.25, 0.3) is 0 Å². The summed E-state index contributed by atoms with van der Waals surface area (Å²) in [6.07, 6.45) is -2.57. The third kappa shape index (κ3) is 8.08. The van der Waals surface area contributed by atoms with E-state index in [9.17, 15) is 13.2 Å². The Bertz CT molecular complexity index is 79.6. The third-order valence-corrected chi connectivity index (χ3v) is 1.18. The Morgan fingerprint density at radius 1 is 1.30 bits per heavy atom. The number of rotatable bonds is 4. The Morgan fingerprint density at radius 2 is 1.90 bits per heavy atom. The molecule has 0 aromatic carbocycles. The lowest BCUT2D eigenvalue weighted by Gasteiger charge is -2.03. The van der Waals surface area contributed by atoms with Gasteiger partial charge in [0.15, 0.2) is 0 Å². The first-order chi connectivity index (χ1) is 4.56. The molecule has 0 aromatic heterocycles. The number of hydrogen-bond acceptors (Lipinski definition) is 0. The van der Waals surface area contributed by atoms with Gasteiger partial charge < -0.3 is 0 Å². The highest BCUT2D eigenvalue weighted by Gasteiger charge is 2.25. The van der Waals surface area contributed by atoms with E-state index in [-0.39, 0.29) is 0 Å². The second-order valence-electron chi connectivity index (χ2n) is 1.94. The normalized spacial score (nSPS) is 12.0. The summed E-state index contributed by atoms with van der Waals surface area (Å²) < 4.78 is 34.3. The van der Waals surface area contributed by atoms with Gasteiger partial charge >= 0.3 is 6.18 Å². The van der Waals surface area contributed by atoms with Gasteiger partial charge in [-0.15, -0.1) is 11.6 Å². The van der Waals surface area contributed by atoms with E-state index in [1.54, 1.807) is 0 Å². The Hall–Kier alpha value is 0.0800. The van der Waals surface area contributed by atoms with E-state index in [2.05, 4.69) is 0 Å². The summed E-state index contributed by atoms with van der Waals surface area (Å²) in [6, 6.07) is 0. The first-order valence-electron chi connectivity index (χ1n) is 3.00. The second-order valence-corrected chi connectivity index (χ2v) is 2.32. The molecule has 0 aliphatic carbocycles. The highest BCUT2D eigenvalue weighted by Crippen LogP contribution is 2.21. The van der Waals surface area contributed by atoms with Gasteiger partial charge in [0.05, 0.1) is 0 Å². The molecular weight excluding hydrogens is 165 g/mol. The minimum atomic E-state index is -4.05. The van der Waals surface area contributed by atoms with E-state index >= 15 is 0 Å². The molecule has 0 rings (SSSR count). The maximum atomic E-state index is 11.4. The van der Waals surface area contributed by atoms with Gasteiger partial charge in [0, 0.05) is 12.3 Å². The van der Waals surface area contributed by atoms with Crippen LogP contribution in [0.5, 0.6) is 0 Å². The zero-order chi connectivity index (χ0) is 8.04. The molecule has 4 heteroatoms. The van der Waals surface area contributed by atoms with E-state index in [1.165, 1.54) is 6.42 Å². The van der Waals surface area contributed by atoms with Gasteiger partial charge in [0.1, 0.15) is 0 Å². The molecule has 0 nitrogen and oxygen atoms in total. The van der Waals surface area contributed by atoms with E-state index in [4.69, 9.17) is 11.6 Å². The highest BCUT2D eigenvalue weighted by atomic mass is 35.5. The van der Waals surface area contributed by atoms with Gasteiger partial charge in [-0.25, -0.2) is 0 Å². The minimum Gasteiger partial charge on any atom is -0.171 e. The molecule has 0 N–H and O–H groups in total. The topological polar surface area (TPSA) is 0 Å². The predicted molar refractivity (Wildman–Crippen MR) is 34.9 cm³/mol. The Balaban J connectivity index is 3.04. The van der Waals surface area contributed by atoms with Crippen LogP contribution >= 0.6 is 11.6 Å². The molecule has 1 radical (unpaired) electrons. The molecule has 0 aliphatic heterocycles. The van der Waals surface area contributed by atoms with Crippen LogP contribution < -0.4 is 0 Å². The van der Waals surface area contributed by atoms with Crippen LogP contribution in [0.3, 0.4) is 0 Å². The molecule has 10 heavy (non-hydrogen) atoms. The molecule has 61 valence electrons. The Kier molecular flexibility index (Phi) is 4.87. The molecular formula is C6H9ClF3. The Labute approximate surface area is 63.4 Å². The fourth-order valence-electron chi connectivity index (χ4n) is 0.487. The zero-order valence-corrected chi connectivity index (χ0v) is 6.17. The lowest BCUT2D eigenvalue weighted by atomic mass is 10.2. The summed E-state index contributed by atoms with van der Waals surface area (Å²) in [6.45, 7) is 0. The molecule has 0 aliphatic rings. The molecule has 0 spiro atoms. The van der Waals surface area contributed by atoms with E-state index in [0.29, 0.717) is 18.7 Å². The van der Waals surface area contributed by atoms with Crippen LogP contribution in [-0.4, -0.2) is 12.1 Å². The summed E-state index contributed by atoms with van der Waals surface area (Å²) in [5, 5.41) is 0. The van der Waals surface area contributed by atoms with E-state index in [0.717, 1.165) is 0 Å². The van der Waals surface area contributed by atoms with Crippen LogP contribution in [0.4, 0.5) is 13.2 Å². The monoisotopic (exact) mass is 173 g/mol. The van der Waals surface area contributed by atoms with Gasteiger partial charge in [-0.2, -0.15) is 13.2 Å². The molecule has 0 saturated heterocycles. The largest absolute Gasteiger partial charge is 0.389 e. The summed E-state index contributed by atoms with van der Waals surface area (Å²) in [7, 11) is 0. The number of hydrogen-bond donors (Lipinski definition) is 0. The molecule has 0 saturated carbocycles. The fraction of sp³-hybridized carbons (Fsp3) is 0.833. The zero-order valence-electron chi connectivity index (χ0n) is 5.42. The first kappa shape index (κ1) is 10.1. The summed E-state index contributed by atoms with van der Waals surface area (Å²) in [5.74, 6) is 0.425. The predicted octanol–water partition coefficient (Wildman–Crippen LogP) is 3.16. The summed E-state index contributed by atoms with van der Waals surface area (Å²) in [4.78, 5) is 0. The standard InChI is InChI=1S/C6H9ClF3/c7-5-3-1-2-4-6(8,9)10/h2H,1,3-5H2. The van der Waals surface area contributed by atoms with Crippen LogP contribution in [0.15, 0.2) is 0 Å². The van der Waals surface area contributed by atoms with Crippen molar-refractivity contribution in [3.8, 4) is 0 Å². The second kappa shape index (κ2) is 4.83. The minimum absolute atomic E-state index is 0.425. The van der Waals surface area contributed by atoms with Crippen molar-refractivity contribution < 1.29 is 13.2 Å². The van der Waals surface area contributed by atoms with Crippen molar-refractivity contribution >= 4 is 11.6 Å². The lowest BCUT2D eigenvalue weighted by molar-refractivity contribution is -0.128. The van der Waals surface area contributed by atoms with Gasteiger partial charge in [-0.05, 0) is 19.3 Å². The van der Waals surface area contributed by atoms with Gasteiger partial charge in [-0.3, -0.25) is 0 Å². The van der Waals surface area contributed by atoms with Gasteiger partial charge in [0.2, 0.25) is 0 Å². The molecule has 0 fully saturated rings. The fourth-order valence-corrected chi connectivity index (χ4v) is 0.642. The van der Waals surface area contributed by atoms with Crippen molar-refractivity contribution in [3.63, 3.8) is 0 Å². The van der Waals surface area contributed by atoms with Gasteiger partial charge in [-0.1, -0.05) is 0 Å². The SMILES string of the molecule is FC(F)(F)C[CH]CCCCl. The smallest absolute Gasteiger partial charge is 0.171 e. The molecule has 0 bridgehead atoms. The van der Waals surface area contributed by atoms with Crippen molar-refractivity contribution in [2.24, 2.45) is 0 Å². The maximum Gasteiger partial charge on any atom is 0.389 e. The summed E-state index contributed by atoms with van der Waals surface area (Å²) >= 11 is 5.25. The summed E-state index contributed by atoms with van der Waals surface area (Å²) in [5.41, 5.74) is 0. The van der Waals surface area contributed by atoms with E-state index < -0.39 is 12.6 Å². The number of unbranched alkanes of at least 4 members (excludes halogenated alkanes) is 2. The van der Waals surface area contributed by atoms with Crippen LogP contribution in [0.25, 0.3) is 0 Å². The number of halogens is 4. The van der Waals surface area contributed by atoms with Crippen molar-refractivity contribution in [1.29, 1.82) is 0 Å². The van der Waals surface area contributed by atoms with Crippen LogP contribution in [-0.2, 0) is 0 Å². The Morgan fingerprint density at radius 3 is 2.30 bits per heavy atom. The third-order valence-electron chi connectivity index (χ3n) is 0.918. The maximum absolute atomic E-state index is 11.4. The lowest BCUT2D eigenvalue weighted by Crippen LogP contribution is -2.06. The average molecular weight is 174 g/mol. The molecule has 0 unspecified atom stereocenters. The van der Waals surface area contributed by atoms with Crippen molar-refractivity contribution in [2.75, 3.05) is 5.88 Å². The molecule has 0 atom stereocenters. The highest BCUT2D eigenvalue weighted by molar-refractivity contribution is 6.17. The van der Waals surface area contributed by atoms with Crippen molar-refractivity contribution in [2.45, 2.75) is 25.4 Å². The van der Waals surface area contributed by atoms with Crippen LogP contribution in [0, 0.1) is 6.42 Å². The molecule has 0 heterocycles. The first-order valence-corrected chi connectivity index (χ1v) is 3.54. The number of alkyl halides is 4. The van der Waals surface area contributed by atoms with Crippen LogP contribution in [0.2, 0.25) is 0 Å². The van der Waals surface area contributed by atoms with Crippen LogP contribution in [0.1, 0.15) is 19.3 Å². The molecule has 0 aromatic rings. The van der Waals surface area contributed by atoms with Crippen molar-refractivity contribution in [1.82, 2.24) is 0 Å². The molecule has 0 amide bonds. The van der Waals surface area contributed by atoms with Crippen molar-refractivity contribution in [3.05, 3.63) is 6.42 Å². The van der Waals surface area contributed by atoms with E-state index in [1.807, 2.05) is 0 Å².